The van der Waals surface area contributed by atoms with Crippen molar-refractivity contribution in [3.63, 3.8) is 0 Å². The van der Waals surface area contributed by atoms with E-state index in [1.54, 1.807) is 43.1 Å². The molecule has 0 radical (unpaired) electrons. The van der Waals surface area contributed by atoms with Crippen LogP contribution in [0.1, 0.15) is 0 Å². The lowest BCUT2D eigenvalue weighted by atomic mass is 11.0. The molecule has 0 N–H and O–H groups in total. The number of hydrogen-bond donors (Lipinski definition) is 0. The molecule has 0 amide bonds. The molecule has 0 saturated carbocycles. The van der Waals surface area contributed by atoms with Gasteiger partial charge in [-0.15, -0.1) is 0 Å². The quantitative estimate of drug-likeness (QED) is 0.285. The van der Waals surface area contributed by atoms with Gasteiger partial charge in [-0.25, -0.2) is 4.31 Å². The molecule has 0 aromatic heterocycles. The van der Waals surface area contributed by atoms with Crippen LogP contribution < -0.4 is 0 Å². The van der Waals surface area contributed by atoms with E-state index in [2.05, 4.69) is 4.31 Å². The fourth-order valence-corrected chi connectivity index (χ4v) is 5.20. The molecule has 0 bridgehead atoms. The van der Waals surface area contributed by atoms with Crippen LogP contribution in [0.25, 0.3) is 0 Å². The van der Waals surface area contributed by atoms with Gasteiger partial charge in [0.05, 0.1) is 0 Å². The Labute approximate surface area is 95.6 Å². The maximum Gasteiger partial charge on any atom is 0.501 e. The molecule has 7 heteroatoms. The summed E-state index contributed by atoms with van der Waals surface area (Å²) in [6, 6.07) is 0.835. The maximum atomic E-state index is 5.30. The van der Waals surface area contributed by atoms with E-state index in [1.807, 2.05) is 14.1 Å². The van der Waals surface area contributed by atoms with E-state index in [-0.39, 0.29) is 0 Å². The SMILES string of the molecule is CO[Si](CCSSN(C)C)(OC)OC. The molecule has 86 valence electrons. The van der Waals surface area contributed by atoms with E-state index in [1.165, 1.54) is 0 Å². The van der Waals surface area contributed by atoms with Gasteiger partial charge in [-0.2, -0.15) is 0 Å². The minimum atomic E-state index is -2.34. The van der Waals surface area contributed by atoms with Crippen LogP contribution in [0.4, 0.5) is 0 Å². The van der Waals surface area contributed by atoms with Crippen molar-refractivity contribution in [2.75, 3.05) is 41.2 Å². The molecule has 0 aliphatic heterocycles. The van der Waals surface area contributed by atoms with Gasteiger partial charge in [0.1, 0.15) is 0 Å². The fourth-order valence-electron chi connectivity index (χ4n) is 0.866. The van der Waals surface area contributed by atoms with Crippen molar-refractivity contribution < 1.29 is 13.3 Å². The molecular weight excluding hydrogens is 238 g/mol. The lowest BCUT2D eigenvalue weighted by molar-refractivity contribution is 0.125. The Bertz CT molecular complexity index is 139. The fraction of sp³-hybridized carbons (Fsp3) is 1.00. The second kappa shape index (κ2) is 7.97. The summed E-state index contributed by atoms with van der Waals surface area (Å²) in [4.78, 5) is 0. The zero-order valence-corrected chi connectivity index (χ0v) is 12.0. The topological polar surface area (TPSA) is 30.9 Å². The van der Waals surface area contributed by atoms with Crippen LogP contribution in [-0.2, 0) is 13.3 Å². The monoisotopic (exact) mass is 257 g/mol. The lowest BCUT2D eigenvalue weighted by Gasteiger charge is -2.24. The van der Waals surface area contributed by atoms with Crippen molar-refractivity contribution in [2.45, 2.75) is 6.04 Å². The van der Waals surface area contributed by atoms with E-state index in [4.69, 9.17) is 13.3 Å². The third-order valence-electron chi connectivity index (χ3n) is 1.63. The van der Waals surface area contributed by atoms with Gasteiger partial charge in [-0.3, -0.25) is 0 Å². The van der Waals surface area contributed by atoms with E-state index in [0.29, 0.717) is 0 Å². The Hall–Kier alpha value is 0.757. The molecule has 0 aliphatic rings. The van der Waals surface area contributed by atoms with Gasteiger partial charge in [0.2, 0.25) is 0 Å². The molecule has 4 nitrogen and oxygen atoms in total. The Morgan fingerprint density at radius 2 is 1.57 bits per heavy atom. The Morgan fingerprint density at radius 1 is 1.07 bits per heavy atom. The molecule has 0 aromatic carbocycles. The molecular formula is C7H19NO3S2Si. The van der Waals surface area contributed by atoms with Crippen LogP contribution in [0.3, 0.4) is 0 Å². The smallest absolute Gasteiger partial charge is 0.377 e. The van der Waals surface area contributed by atoms with Crippen LogP contribution in [-0.4, -0.2) is 54.3 Å². The first-order valence-electron chi connectivity index (χ1n) is 4.22. The molecule has 0 heterocycles. The van der Waals surface area contributed by atoms with Gasteiger partial charge in [0.25, 0.3) is 0 Å². The summed E-state index contributed by atoms with van der Waals surface area (Å²) in [7, 11) is 10.1. The molecule has 0 unspecified atom stereocenters. The minimum absolute atomic E-state index is 0.835. The van der Waals surface area contributed by atoms with Crippen molar-refractivity contribution in [1.82, 2.24) is 4.31 Å². The second-order valence-corrected chi connectivity index (χ2v) is 8.52. The Morgan fingerprint density at radius 3 is 1.93 bits per heavy atom. The van der Waals surface area contributed by atoms with Crippen LogP contribution in [0.15, 0.2) is 0 Å². The van der Waals surface area contributed by atoms with Crippen LogP contribution in [0.2, 0.25) is 6.04 Å². The van der Waals surface area contributed by atoms with E-state index in [9.17, 15) is 0 Å². The molecule has 0 spiro atoms. The third kappa shape index (κ3) is 5.59. The van der Waals surface area contributed by atoms with Crippen molar-refractivity contribution in [3.8, 4) is 0 Å². The largest absolute Gasteiger partial charge is 0.501 e. The summed E-state index contributed by atoms with van der Waals surface area (Å²) < 4.78 is 18.0. The highest BCUT2D eigenvalue weighted by Gasteiger charge is 2.37. The average molecular weight is 257 g/mol. The molecule has 0 rings (SSSR count). The van der Waals surface area contributed by atoms with Crippen molar-refractivity contribution in [3.05, 3.63) is 0 Å². The summed E-state index contributed by atoms with van der Waals surface area (Å²) in [6.45, 7) is 0. The zero-order valence-electron chi connectivity index (χ0n) is 9.40. The van der Waals surface area contributed by atoms with Gasteiger partial charge < -0.3 is 13.3 Å². The highest BCUT2D eigenvalue weighted by atomic mass is 33.1. The van der Waals surface area contributed by atoms with Crippen LogP contribution in [0.5, 0.6) is 0 Å². The number of rotatable bonds is 8. The van der Waals surface area contributed by atoms with E-state index < -0.39 is 8.80 Å². The Kier molecular flexibility index (Phi) is 8.40. The zero-order chi connectivity index (χ0) is 11.0. The van der Waals surface area contributed by atoms with Crippen molar-refractivity contribution >= 4 is 30.6 Å². The first kappa shape index (κ1) is 14.8. The second-order valence-electron chi connectivity index (χ2n) is 2.75. The standard InChI is InChI=1S/C7H19NO3S2Si/c1-8(2)13-12-6-7-14(9-3,10-4)11-5/h6-7H2,1-5H3. The van der Waals surface area contributed by atoms with Crippen molar-refractivity contribution in [1.29, 1.82) is 0 Å². The molecule has 0 saturated heterocycles. The van der Waals surface area contributed by atoms with Crippen molar-refractivity contribution in [2.24, 2.45) is 0 Å². The maximum absolute atomic E-state index is 5.30. The molecule has 14 heavy (non-hydrogen) atoms. The van der Waals surface area contributed by atoms with Crippen LogP contribution >= 0.6 is 21.8 Å². The van der Waals surface area contributed by atoms with Gasteiger partial charge in [-0.05, 0) is 25.1 Å². The number of nitrogens with zero attached hydrogens (tertiary/aromatic N) is 1. The van der Waals surface area contributed by atoms with Crippen LogP contribution in [0, 0.1) is 0 Å². The van der Waals surface area contributed by atoms with Gasteiger partial charge >= 0.3 is 8.80 Å². The molecule has 0 atom stereocenters. The highest BCUT2D eigenvalue weighted by Crippen LogP contribution is 2.26. The Balaban J connectivity index is 3.71. The summed E-state index contributed by atoms with van der Waals surface area (Å²) >= 11 is 0. The predicted molar refractivity (Wildman–Crippen MR) is 65.3 cm³/mol. The lowest BCUT2D eigenvalue weighted by Crippen LogP contribution is -2.43. The normalized spacial score (nSPS) is 12.4. The van der Waals surface area contributed by atoms with E-state index in [0.717, 1.165) is 11.8 Å². The third-order valence-corrected chi connectivity index (χ3v) is 7.20. The van der Waals surface area contributed by atoms with Gasteiger partial charge in [-0.1, -0.05) is 10.8 Å². The minimum Gasteiger partial charge on any atom is -0.377 e. The summed E-state index contributed by atoms with van der Waals surface area (Å²) in [5.41, 5.74) is 0. The molecule has 0 aromatic rings. The predicted octanol–water partition coefficient (Wildman–Crippen LogP) is 1.72. The van der Waals surface area contributed by atoms with E-state index >= 15 is 0 Å². The molecule has 0 aliphatic carbocycles. The van der Waals surface area contributed by atoms with Gasteiger partial charge in [0.15, 0.2) is 0 Å². The first-order chi connectivity index (χ1) is 6.60. The summed E-state index contributed by atoms with van der Waals surface area (Å²) in [5, 5.41) is 0. The summed E-state index contributed by atoms with van der Waals surface area (Å²) in [6.07, 6.45) is 0. The average Bonchev–Trinajstić information content (AvgIpc) is 2.19. The number of hydrogen-bond acceptors (Lipinski definition) is 6. The van der Waals surface area contributed by atoms with Gasteiger partial charge in [0, 0.05) is 33.1 Å². The highest BCUT2D eigenvalue weighted by molar-refractivity contribution is 8.75. The molecule has 0 fully saturated rings. The summed E-state index contributed by atoms with van der Waals surface area (Å²) in [5.74, 6) is 0.963. The first-order valence-corrected chi connectivity index (χ1v) is 8.43.